The van der Waals surface area contributed by atoms with Gasteiger partial charge < -0.3 is 84.4 Å². The topological polar surface area (TPSA) is 432 Å². The zero-order valence-corrected chi connectivity index (χ0v) is 54.8. The summed E-state index contributed by atoms with van der Waals surface area (Å²) < 4.78 is 0. The third-order valence-corrected chi connectivity index (χ3v) is 18.6. The van der Waals surface area contributed by atoms with Gasteiger partial charge in [-0.1, -0.05) is 108 Å². The van der Waals surface area contributed by atoms with E-state index in [-0.39, 0.29) is 87.8 Å². The van der Waals surface area contributed by atoms with Crippen molar-refractivity contribution in [1.82, 2.24) is 57.7 Å². The number of likely N-dealkylation sites (tertiary alicyclic amines) is 2. The van der Waals surface area contributed by atoms with Crippen LogP contribution in [0.1, 0.15) is 95.8 Å². The van der Waals surface area contributed by atoms with Crippen LogP contribution < -0.4 is 59.3 Å². The van der Waals surface area contributed by atoms with Crippen molar-refractivity contribution in [2.75, 3.05) is 37.7 Å². The summed E-state index contributed by atoms with van der Waals surface area (Å²) in [7, 11) is 1.77. The van der Waals surface area contributed by atoms with Crippen LogP contribution in [-0.2, 0) is 76.8 Å². The molecule has 0 radical (unpaired) electrons. The van der Waals surface area contributed by atoms with E-state index in [4.69, 9.17) is 11.5 Å². The number of benzene rings is 3. The zero-order valence-electron chi connectivity index (χ0n) is 53.2. The lowest BCUT2D eigenvalue weighted by Crippen LogP contribution is -2.60. The van der Waals surface area contributed by atoms with Crippen molar-refractivity contribution in [3.8, 4) is 5.75 Å². The minimum Gasteiger partial charge on any atom is -0.508 e. The van der Waals surface area contributed by atoms with E-state index in [2.05, 4.69) is 47.9 Å². The maximum Gasteiger partial charge on any atom is 0.327 e. The average molecular weight is 1340 g/mol. The van der Waals surface area contributed by atoms with Gasteiger partial charge in [0.25, 0.3) is 0 Å². The number of amides is 11. The molecule has 28 nitrogen and oxygen atoms in total. The molecule has 3 heterocycles. The van der Waals surface area contributed by atoms with E-state index in [0.29, 0.717) is 31.2 Å². The standard InChI is InChI=1S/C64H89N13O15S2/c1-36(2)29-47(72-58(85)46(31-40-17-9-6-10-18-40)71-55(82)43(66)30-39-15-7-5-8-16-39)62(89)77-28-14-21-51(77)63(90)76-27-13-20-50(76)60(87)73-48-34-93-94-35-49(64(91)92)74-61(88)53(38(4)78)75-52(80)33-67-56(83)44(19-11-12-26-65)69-57(84)45(32-41-22-24-42(79)25-23-41)70-54(81)37(3)68-59(48)86/h5-10,15-18,22-25,36-38,43-51,53,78-79H,11-14,19-21,26-35,65-66H2,1-4H3,(H,67,83)(H,68,86)(H,69,84)(H,70,81)(H,71,82)(H,72,85)(H,73,87)(H,74,88)(H,75,80)(H,91,92)/t37-,38+,43-,44-,45-,46-,47-,48?,49?,50-,51-,53-/m0/s1. The average Bonchev–Trinajstić information content (AvgIpc) is 1.62. The number of hydrogen-bond donors (Lipinski definition) is 14. The van der Waals surface area contributed by atoms with Gasteiger partial charge >= 0.3 is 5.97 Å². The van der Waals surface area contributed by atoms with Crippen molar-refractivity contribution in [3.05, 3.63) is 102 Å². The molecule has 3 aliphatic rings. The fourth-order valence-corrected chi connectivity index (χ4v) is 13.4. The van der Waals surface area contributed by atoms with Gasteiger partial charge in [-0.2, -0.15) is 0 Å². The Morgan fingerprint density at radius 2 is 1.27 bits per heavy atom. The largest absolute Gasteiger partial charge is 0.508 e. The number of carbonyl (C=O) groups excluding carboxylic acids is 11. The number of carbonyl (C=O) groups is 12. The first-order chi connectivity index (χ1) is 44.8. The second-order valence-electron chi connectivity index (χ2n) is 24.2. The van der Waals surface area contributed by atoms with Crippen molar-refractivity contribution >= 4 is 92.5 Å². The molecule has 0 aliphatic carbocycles. The molecule has 2 unspecified atom stereocenters. The number of aliphatic carboxylic acids is 1. The molecule has 6 rings (SSSR count). The number of aromatic hydroxyl groups is 1. The molecule has 3 aromatic carbocycles. The SMILES string of the molecule is CC(C)C[C@H](NC(=O)[C@H](Cc1ccccc1)NC(=O)[C@@H](N)Cc1ccccc1)C(=O)N1CCC[C@H]1C(=O)N1CCC[C@H]1C(=O)NC1CSSCC(C(=O)O)NC(=O)[C@H]([C@@H](C)O)NC(=O)CNC(=O)[C@H](CCCCN)NC(=O)[C@H](Cc2ccc(O)cc2)NC(=O)[C@H](C)NC1=O. The molecule has 0 spiro atoms. The molecule has 0 bridgehead atoms. The minimum absolute atomic E-state index is 0.0143. The number of nitrogens with one attached hydrogen (secondary N) is 9. The molecule has 11 amide bonds. The van der Waals surface area contributed by atoms with Crippen molar-refractivity contribution in [1.29, 1.82) is 0 Å². The first kappa shape index (κ1) is 74.7. The van der Waals surface area contributed by atoms with Crippen LogP contribution in [0.5, 0.6) is 5.75 Å². The van der Waals surface area contributed by atoms with Gasteiger partial charge in [0.2, 0.25) is 65.0 Å². The summed E-state index contributed by atoms with van der Waals surface area (Å²) in [6, 6.07) is 9.36. The van der Waals surface area contributed by atoms with Crippen LogP contribution in [0.2, 0.25) is 0 Å². The molecule has 3 aliphatic heterocycles. The Labute approximate surface area is 553 Å². The number of aliphatic hydroxyl groups excluding tert-OH is 1. The molecular weight excluding hydrogens is 1250 g/mol. The summed E-state index contributed by atoms with van der Waals surface area (Å²) in [5.41, 5.74) is 14.1. The van der Waals surface area contributed by atoms with E-state index in [1.807, 2.05) is 50.2 Å². The number of aliphatic hydroxyl groups is 1. The molecule has 3 aromatic rings. The number of nitrogens with two attached hydrogens (primary N) is 2. The van der Waals surface area contributed by atoms with Gasteiger partial charge in [-0.25, -0.2) is 4.79 Å². The lowest BCUT2D eigenvalue weighted by Gasteiger charge is -2.34. The van der Waals surface area contributed by atoms with Crippen LogP contribution in [0.15, 0.2) is 84.9 Å². The molecule has 0 saturated carbocycles. The van der Waals surface area contributed by atoms with Crippen LogP contribution in [0.25, 0.3) is 0 Å². The summed E-state index contributed by atoms with van der Waals surface area (Å²) in [5.74, 6) is -11.0. The van der Waals surface area contributed by atoms with Crippen LogP contribution in [0, 0.1) is 5.92 Å². The van der Waals surface area contributed by atoms with Gasteiger partial charge in [-0.15, -0.1) is 0 Å². The van der Waals surface area contributed by atoms with Gasteiger partial charge in [-0.3, -0.25) is 52.7 Å². The molecule has 0 aromatic heterocycles. The normalized spacial score (nSPS) is 23.6. The van der Waals surface area contributed by atoms with E-state index in [1.165, 1.54) is 47.9 Å². The molecule has 94 heavy (non-hydrogen) atoms. The number of phenolic OH excluding ortho intramolecular Hbond substituents is 1. The van der Waals surface area contributed by atoms with Gasteiger partial charge in [-0.05, 0) is 113 Å². The maximum atomic E-state index is 14.9. The summed E-state index contributed by atoms with van der Waals surface area (Å²) in [4.78, 5) is 171. The van der Waals surface area contributed by atoms with Gasteiger partial charge in [0.05, 0.1) is 18.7 Å². The smallest absolute Gasteiger partial charge is 0.327 e. The van der Waals surface area contributed by atoms with Gasteiger partial charge in [0, 0.05) is 37.4 Å². The fraction of sp³-hybridized carbons (Fsp3) is 0.531. The number of carboxylic acid groups (broad SMARTS) is 1. The third kappa shape index (κ3) is 22.7. The molecule has 512 valence electrons. The van der Waals surface area contributed by atoms with E-state index < -0.39 is 150 Å². The van der Waals surface area contributed by atoms with Crippen molar-refractivity contribution in [2.24, 2.45) is 17.4 Å². The van der Waals surface area contributed by atoms with Gasteiger partial charge in [0.15, 0.2) is 0 Å². The third-order valence-electron chi connectivity index (χ3n) is 16.2. The number of nitrogens with zero attached hydrogens (tertiary/aromatic N) is 2. The van der Waals surface area contributed by atoms with E-state index >= 15 is 0 Å². The van der Waals surface area contributed by atoms with E-state index in [1.54, 1.807) is 24.3 Å². The Hall–Kier alpha value is -8.32. The lowest BCUT2D eigenvalue weighted by molar-refractivity contribution is -0.148. The molecule has 3 fully saturated rings. The second-order valence-corrected chi connectivity index (χ2v) is 26.7. The predicted octanol–water partition coefficient (Wildman–Crippen LogP) is -1.22. The molecule has 12 atom stereocenters. The monoisotopic (exact) mass is 1340 g/mol. The van der Waals surface area contributed by atoms with Crippen molar-refractivity contribution in [3.63, 3.8) is 0 Å². The highest BCUT2D eigenvalue weighted by atomic mass is 33.1. The number of hydrogen-bond acceptors (Lipinski definition) is 18. The molecule has 3 saturated heterocycles. The number of rotatable bonds is 22. The Bertz CT molecular complexity index is 3120. The second kappa shape index (κ2) is 36.9. The Morgan fingerprint density at radius 1 is 0.660 bits per heavy atom. The highest BCUT2D eigenvalue weighted by Crippen LogP contribution is 2.28. The van der Waals surface area contributed by atoms with Crippen LogP contribution >= 0.6 is 21.6 Å². The lowest BCUT2D eigenvalue weighted by atomic mass is 9.99. The van der Waals surface area contributed by atoms with Crippen LogP contribution in [0.4, 0.5) is 0 Å². The van der Waals surface area contributed by atoms with E-state index in [9.17, 15) is 72.9 Å². The van der Waals surface area contributed by atoms with Gasteiger partial charge in [0.1, 0.15) is 66.2 Å². The molecule has 16 N–H and O–H groups in total. The Morgan fingerprint density at radius 3 is 1.89 bits per heavy atom. The fourth-order valence-electron chi connectivity index (χ4n) is 11.1. The highest BCUT2D eigenvalue weighted by Gasteiger charge is 2.45. The summed E-state index contributed by atoms with van der Waals surface area (Å²) in [6.45, 7) is 5.95. The quantitative estimate of drug-likeness (QED) is 0.0414. The Balaban J connectivity index is 1.22. The van der Waals surface area contributed by atoms with Crippen molar-refractivity contribution in [2.45, 2.75) is 171 Å². The summed E-state index contributed by atoms with van der Waals surface area (Å²) in [6.07, 6.45) is 0.556. The Kier molecular flexibility index (Phi) is 29.4. The minimum atomic E-state index is -1.71. The number of phenols is 1. The summed E-state index contributed by atoms with van der Waals surface area (Å²) in [5, 5.41) is 54.0. The molecule has 30 heteroatoms. The summed E-state index contributed by atoms with van der Waals surface area (Å²) >= 11 is 0. The first-order valence-corrected chi connectivity index (χ1v) is 34.1. The van der Waals surface area contributed by atoms with Crippen LogP contribution in [0.3, 0.4) is 0 Å². The highest BCUT2D eigenvalue weighted by molar-refractivity contribution is 8.76. The number of unbranched alkanes of at least 4 members (excludes halogenated alkanes) is 1. The predicted molar refractivity (Wildman–Crippen MR) is 350 cm³/mol. The first-order valence-electron chi connectivity index (χ1n) is 31.6. The maximum absolute atomic E-state index is 14.9. The van der Waals surface area contributed by atoms with E-state index in [0.717, 1.165) is 32.7 Å². The molecular formula is C64H89N13O15S2. The zero-order chi connectivity index (χ0) is 68.6. The number of carboxylic acids is 1. The van der Waals surface area contributed by atoms with Crippen LogP contribution in [-0.4, -0.2) is 206 Å². The van der Waals surface area contributed by atoms with Crippen molar-refractivity contribution < 1.29 is 72.9 Å².